The smallest absolute Gasteiger partial charge is 0.218 e. The minimum atomic E-state index is -1.42. The van der Waals surface area contributed by atoms with Gasteiger partial charge in [0.05, 0.1) is 25.1 Å². The van der Waals surface area contributed by atoms with Gasteiger partial charge in [0.25, 0.3) is 0 Å². The van der Waals surface area contributed by atoms with Gasteiger partial charge in [0, 0.05) is 23.2 Å². The summed E-state index contributed by atoms with van der Waals surface area (Å²) in [7, 11) is 0. The van der Waals surface area contributed by atoms with Crippen molar-refractivity contribution in [2.24, 2.45) is 28.6 Å². The summed E-state index contributed by atoms with van der Waals surface area (Å²) in [5.74, 6) is 0.0588. The maximum absolute atomic E-state index is 13.7. The van der Waals surface area contributed by atoms with E-state index in [4.69, 9.17) is 13.9 Å². The van der Waals surface area contributed by atoms with Crippen LogP contribution in [0.5, 0.6) is 0 Å². The summed E-state index contributed by atoms with van der Waals surface area (Å²) in [5.41, 5.74) is 1.24. The molecule has 7 rings (SSSR count). The van der Waals surface area contributed by atoms with Crippen molar-refractivity contribution in [3.63, 3.8) is 0 Å². The third kappa shape index (κ3) is 3.85. The first-order valence-corrected chi connectivity index (χ1v) is 15.0. The number of aliphatic hydroxyl groups is 3. The fourth-order valence-electron chi connectivity index (χ4n) is 9.50. The number of allylic oxidation sites excluding steroid dienone is 4. The van der Waals surface area contributed by atoms with E-state index in [1.165, 1.54) is 0 Å². The van der Waals surface area contributed by atoms with Gasteiger partial charge in [-0.15, -0.1) is 0 Å². The summed E-state index contributed by atoms with van der Waals surface area (Å²) in [6.07, 6.45) is 7.80. The topological polar surface area (TPSA) is 126 Å². The second-order valence-electron chi connectivity index (χ2n) is 13.4. The van der Waals surface area contributed by atoms with E-state index in [0.29, 0.717) is 25.0 Å². The van der Waals surface area contributed by atoms with Crippen LogP contribution in [-0.4, -0.2) is 51.3 Å². The van der Waals surface area contributed by atoms with Crippen molar-refractivity contribution in [1.82, 2.24) is 0 Å². The van der Waals surface area contributed by atoms with E-state index in [0.717, 1.165) is 35.1 Å². The molecule has 8 heteroatoms. The zero-order valence-electron chi connectivity index (χ0n) is 24.0. The van der Waals surface area contributed by atoms with Crippen LogP contribution < -0.4 is 0 Å². The molecule has 4 aliphatic carbocycles. The van der Waals surface area contributed by atoms with Crippen LogP contribution in [0.1, 0.15) is 68.3 Å². The number of aliphatic hydroxyl groups excluding tert-OH is 3. The molecule has 0 bridgehead atoms. The van der Waals surface area contributed by atoms with E-state index >= 15 is 0 Å². The van der Waals surface area contributed by atoms with Crippen LogP contribution in [0.2, 0.25) is 0 Å². The molecule has 3 N–H and O–H groups in total. The molecule has 1 aliphatic heterocycles. The van der Waals surface area contributed by atoms with Crippen molar-refractivity contribution in [2.45, 2.75) is 76.7 Å². The number of fused-ring (bicyclic) bond motifs is 7. The van der Waals surface area contributed by atoms with Gasteiger partial charge in [-0.3, -0.25) is 9.59 Å². The van der Waals surface area contributed by atoms with Crippen LogP contribution in [0.3, 0.4) is 0 Å². The Morgan fingerprint density at radius 1 is 1.12 bits per heavy atom. The van der Waals surface area contributed by atoms with Gasteiger partial charge in [-0.2, -0.15) is 0 Å². The first kappa shape index (κ1) is 27.9. The second-order valence-corrected chi connectivity index (χ2v) is 13.4. The van der Waals surface area contributed by atoms with Crippen LogP contribution in [0.15, 0.2) is 64.8 Å². The Morgan fingerprint density at radius 2 is 1.93 bits per heavy atom. The highest BCUT2D eigenvalue weighted by Crippen LogP contribution is 2.70. The van der Waals surface area contributed by atoms with Crippen molar-refractivity contribution in [1.29, 1.82) is 0 Å². The SMILES string of the molecule is C[C@]12C=CC(=O)C=C1CC[C@@H]1[C@@H]2[C@@H](O)C[C@@]2(C)[C@H]1C[C@H]1O[C@@H](c3cc(Cc4cccc(CO)c4)co3)O[C@]12C(=O)CO. The lowest BCUT2D eigenvalue weighted by Crippen LogP contribution is -2.63. The number of furan rings is 1. The highest BCUT2D eigenvalue weighted by molar-refractivity contribution is 6.01. The number of carbonyl (C=O) groups excluding carboxylic acids is 2. The van der Waals surface area contributed by atoms with E-state index in [1.54, 1.807) is 18.4 Å². The van der Waals surface area contributed by atoms with Gasteiger partial charge >= 0.3 is 0 Å². The Hall–Kier alpha value is -2.88. The second kappa shape index (κ2) is 9.82. The average Bonchev–Trinajstić information content (AvgIpc) is 3.65. The normalized spacial score (nSPS) is 40.2. The highest BCUT2D eigenvalue weighted by Gasteiger charge is 2.76. The molecule has 222 valence electrons. The molecule has 0 unspecified atom stereocenters. The van der Waals surface area contributed by atoms with Gasteiger partial charge in [-0.25, -0.2) is 0 Å². The zero-order valence-corrected chi connectivity index (χ0v) is 24.0. The van der Waals surface area contributed by atoms with E-state index in [1.807, 2.05) is 43.3 Å². The first-order valence-electron chi connectivity index (χ1n) is 15.0. The standard InChI is InChI=1S/C34H38O8/c1-32-9-8-23(37)13-22(32)6-7-24-25-14-29-34(28(39)17-36,33(25,2)15-26(38)30(24)32)42-31(41-29)27-12-21(18-40-27)11-19-4-3-5-20(10-19)16-35/h3-5,8-10,12-13,18,24-26,29-31,35-36,38H,6-7,11,14-17H2,1-2H3/t24-,25-,26-,29+,30+,31+,32-,33-,34+/m0/s1. The number of hydrogen-bond acceptors (Lipinski definition) is 8. The predicted octanol–water partition coefficient (Wildman–Crippen LogP) is 3.97. The predicted molar refractivity (Wildman–Crippen MR) is 151 cm³/mol. The number of Topliss-reactive ketones (excluding diaryl/α,β-unsaturated/α-hetero) is 1. The molecule has 2 heterocycles. The van der Waals surface area contributed by atoms with Crippen LogP contribution >= 0.6 is 0 Å². The molecule has 42 heavy (non-hydrogen) atoms. The molecule has 1 saturated heterocycles. The van der Waals surface area contributed by atoms with Gasteiger partial charge in [0.15, 0.2) is 22.9 Å². The lowest BCUT2D eigenvalue weighted by molar-refractivity contribution is -0.203. The van der Waals surface area contributed by atoms with Gasteiger partial charge in [-0.1, -0.05) is 49.8 Å². The molecule has 5 aliphatic rings. The molecule has 0 spiro atoms. The summed E-state index contributed by atoms with van der Waals surface area (Å²) in [6, 6.07) is 9.58. The Labute approximate surface area is 245 Å². The number of carbonyl (C=O) groups is 2. The lowest BCUT2D eigenvalue weighted by Gasteiger charge is -2.59. The first-order chi connectivity index (χ1) is 20.1. The number of ketones is 2. The summed E-state index contributed by atoms with van der Waals surface area (Å²) in [4.78, 5) is 25.9. The molecular formula is C34H38O8. The quantitative estimate of drug-likeness (QED) is 0.473. The van der Waals surface area contributed by atoms with E-state index in [2.05, 4.69) is 6.92 Å². The summed E-state index contributed by atoms with van der Waals surface area (Å²) >= 11 is 0. The third-order valence-electron chi connectivity index (χ3n) is 11.3. The van der Waals surface area contributed by atoms with Crippen molar-refractivity contribution >= 4 is 11.6 Å². The van der Waals surface area contributed by atoms with E-state index in [-0.39, 0.29) is 30.1 Å². The molecule has 2 aromatic rings. The van der Waals surface area contributed by atoms with Crippen LogP contribution in [-0.2, 0) is 32.1 Å². The maximum Gasteiger partial charge on any atom is 0.218 e. The zero-order chi connectivity index (χ0) is 29.4. The van der Waals surface area contributed by atoms with Crippen LogP contribution in [0.25, 0.3) is 0 Å². The summed E-state index contributed by atoms with van der Waals surface area (Å²) < 4.78 is 19.0. The average molecular weight is 575 g/mol. The van der Waals surface area contributed by atoms with E-state index in [9.17, 15) is 24.9 Å². The molecule has 3 saturated carbocycles. The number of benzene rings is 1. The molecule has 9 atom stereocenters. The van der Waals surface area contributed by atoms with Crippen molar-refractivity contribution < 1.29 is 38.8 Å². The van der Waals surface area contributed by atoms with E-state index < -0.39 is 47.3 Å². The molecule has 0 radical (unpaired) electrons. The monoisotopic (exact) mass is 574 g/mol. The largest absolute Gasteiger partial charge is 0.464 e. The summed E-state index contributed by atoms with van der Waals surface area (Å²) in [6.45, 7) is 3.43. The van der Waals surface area contributed by atoms with Crippen molar-refractivity contribution in [2.75, 3.05) is 6.61 Å². The minimum absolute atomic E-state index is 0.00781. The van der Waals surface area contributed by atoms with Gasteiger partial charge in [-0.05, 0) is 72.4 Å². The van der Waals surface area contributed by atoms with Gasteiger partial charge in [0.2, 0.25) is 6.29 Å². The summed E-state index contributed by atoms with van der Waals surface area (Å²) in [5, 5.41) is 31.5. The Morgan fingerprint density at radius 3 is 2.71 bits per heavy atom. The fraction of sp³-hybridized carbons (Fsp3) is 0.529. The third-order valence-corrected chi connectivity index (χ3v) is 11.3. The molecular weight excluding hydrogens is 536 g/mol. The molecule has 8 nitrogen and oxygen atoms in total. The maximum atomic E-state index is 13.7. The Balaban J connectivity index is 1.18. The number of rotatable bonds is 6. The Kier molecular flexibility index (Phi) is 6.53. The molecule has 0 amide bonds. The van der Waals surface area contributed by atoms with Crippen molar-refractivity contribution in [3.05, 3.63) is 82.8 Å². The molecule has 1 aromatic carbocycles. The number of ether oxygens (including phenoxy) is 2. The number of hydrogen-bond donors (Lipinski definition) is 3. The van der Waals surface area contributed by atoms with Gasteiger partial charge < -0.3 is 29.2 Å². The van der Waals surface area contributed by atoms with Crippen molar-refractivity contribution in [3.8, 4) is 0 Å². The fourth-order valence-corrected chi connectivity index (χ4v) is 9.50. The van der Waals surface area contributed by atoms with Gasteiger partial charge in [0.1, 0.15) is 6.61 Å². The minimum Gasteiger partial charge on any atom is -0.464 e. The van der Waals surface area contributed by atoms with Crippen LogP contribution in [0.4, 0.5) is 0 Å². The lowest BCUT2D eigenvalue weighted by atomic mass is 9.46. The Bertz CT molecular complexity index is 1490. The molecule has 1 aromatic heterocycles. The highest BCUT2D eigenvalue weighted by atomic mass is 16.8. The van der Waals surface area contributed by atoms with Crippen LogP contribution in [0, 0.1) is 28.6 Å². The molecule has 4 fully saturated rings.